The quantitative estimate of drug-likeness (QED) is 0.350. The molecule has 2 aliphatic heterocycles. The standard InChI is InChI=1S/C26H23NO5S/c1-3-10-21-24(29)27-22(20(15-31-17(2)28)16-33-25(21)27)26(30)32-23(18-11-6-4-7-12-18)19-13-8-5-9-14-19/h3-14,16,22-23,25H,1,15H2,2H3/b21-10+/t22?,25-/m1/s1. The summed E-state index contributed by atoms with van der Waals surface area (Å²) in [6.45, 7) is 4.86. The number of amides is 1. The molecule has 2 aliphatic rings. The number of hydrogen-bond acceptors (Lipinski definition) is 6. The lowest BCUT2D eigenvalue weighted by Gasteiger charge is -2.48. The molecular weight excluding hydrogens is 438 g/mol. The maximum Gasteiger partial charge on any atom is 0.334 e. The maximum absolute atomic E-state index is 13.6. The third-order valence-corrected chi connectivity index (χ3v) is 6.56. The molecule has 4 rings (SSSR count). The van der Waals surface area contributed by atoms with E-state index < -0.39 is 24.1 Å². The molecule has 168 valence electrons. The van der Waals surface area contributed by atoms with Gasteiger partial charge in [0.25, 0.3) is 5.91 Å². The van der Waals surface area contributed by atoms with Crippen molar-refractivity contribution in [3.63, 3.8) is 0 Å². The number of thioether (sulfide) groups is 1. The second-order valence-corrected chi connectivity index (χ2v) is 8.53. The number of β-lactam (4-membered cyclic amide) rings is 1. The zero-order valence-electron chi connectivity index (χ0n) is 18.0. The minimum Gasteiger partial charge on any atom is -0.461 e. The Balaban J connectivity index is 1.66. The van der Waals surface area contributed by atoms with E-state index in [9.17, 15) is 14.4 Å². The first kappa shape index (κ1) is 22.6. The number of allylic oxidation sites excluding steroid dienone is 2. The smallest absolute Gasteiger partial charge is 0.334 e. The second kappa shape index (κ2) is 9.92. The molecule has 0 bridgehead atoms. The summed E-state index contributed by atoms with van der Waals surface area (Å²) in [5.41, 5.74) is 2.69. The molecule has 0 spiro atoms. The molecule has 0 N–H and O–H groups in total. The first-order chi connectivity index (χ1) is 16.0. The van der Waals surface area contributed by atoms with Gasteiger partial charge in [-0.1, -0.05) is 79.4 Å². The summed E-state index contributed by atoms with van der Waals surface area (Å²) in [6.07, 6.45) is 2.56. The van der Waals surface area contributed by atoms with Gasteiger partial charge in [0.15, 0.2) is 12.1 Å². The SMILES string of the molecule is C=C/C=C1\C(=O)N2C(C(=O)OC(c3ccccc3)c3ccccc3)C(COC(C)=O)=CS[C@H]12. The van der Waals surface area contributed by atoms with Crippen LogP contribution in [0, 0.1) is 0 Å². The van der Waals surface area contributed by atoms with Crippen LogP contribution in [0.2, 0.25) is 0 Å². The molecule has 0 aliphatic carbocycles. The van der Waals surface area contributed by atoms with Crippen molar-refractivity contribution in [3.8, 4) is 0 Å². The predicted molar refractivity (Wildman–Crippen MR) is 126 cm³/mol. The molecule has 6 nitrogen and oxygen atoms in total. The van der Waals surface area contributed by atoms with Gasteiger partial charge in [-0.15, -0.1) is 11.8 Å². The monoisotopic (exact) mass is 461 g/mol. The van der Waals surface area contributed by atoms with Gasteiger partial charge in [0.2, 0.25) is 0 Å². The van der Waals surface area contributed by atoms with Crippen molar-refractivity contribution in [2.24, 2.45) is 0 Å². The van der Waals surface area contributed by atoms with Crippen LogP contribution >= 0.6 is 11.8 Å². The zero-order chi connectivity index (χ0) is 23.4. The maximum atomic E-state index is 13.6. The number of hydrogen-bond donors (Lipinski definition) is 0. The lowest BCUT2D eigenvalue weighted by molar-refractivity contribution is -0.159. The Morgan fingerprint density at radius 3 is 2.24 bits per heavy atom. The minimum atomic E-state index is -0.986. The van der Waals surface area contributed by atoms with E-state index in [0.717, 1.165) is 11.1 Å². The number of fused-ring (bicyclic) bond motifs is 1. The fourth-order valence-corrected chi connectivity index (χ4v) is 5.01. The van der Waals surface area contributed by atoms with Crippen molar-refractivity contribution in [2.45, 2.75) is 24.4 Å². The number of esters is 2. The Labute approximate surface area is 196 Å². The van der Waals surface area contributed by atoms with Crippen LogP contribution in [0.15, 0.2) is 95.9 Å². The molecule has 0 aromatic heterocycles. The molecule has 33 heavy (non-hydrogen) atoms. The number of benzene rings is 2. The molecule has 2 heterocycles. The highest BCUT2D eigenvalue weighted by atomic mass is 32.2. The summed E-state index contributed by atoms with van der Waals surface area (Å²) in [6, 6.07) is 17.9. The Morgan fingerprint density at radius 2 is 1.70 bits per heavy atom. The molecule has 2 atom stereocenters. The van der Waals surface area contributed by atoms with Gasteiger partial charge in [-0.05, 0) is 16.5 Å². The third kappa shape index (κ3) is 4.64. The zero-order valence-corrected chi connectivity index (χ0v) is 18.9. The van der Waals surface area contributed by atoms with Gasteiger partial charge in [-0.3, -0.25) is 9.59 Å². The topological polar surface area (TPSA) is 72.9 Å². The number of ether oxygens (including phenoxy) is 2. The van der Waals surface area contributed by atoms with Crippen LogP contribution in [0.4, 0.5) is 0 Å². The van der Waals surface area contributed by atoms with Crippen LogP contribution < -0.4 is 0 Å². The Hall–Kier alpha value is -3.58. The molecular formula is C26H23NO5S. The largest absolute Gasteiger partial charge is 0.461 e. The molecule has 1 saturated heterocycles. The van der Waals surface area contributed by atoms with Crippen LogP contribution in [-0.2, 0) is 23.9 Å². The molecule has 1 fully saturated rings. The van der Waals surface area contributed by atoms with Crippen molar-refractivity contribution >= 4 is 29.6 Å². The van der Waals surface area contributed by atoms with Crippen LogP contribution in [0.25, 0.3) is 0 Å². The van der Waals surface area contributed by atoms with Gasteiger partial charge in [-0.2, -0.15) is 0 Å². The lowest BCUT2D eigenvalue weighted by Crippen LogP contribution is -2.62. The molecule has 0 saturated carbocycles. The number of carbonyl (C=O) groups excluding carboxylic acids is 3. The van der Waals surface area contributed by atoms with Gasteiger partial charge in [0.1, 0.15) is 12.0 Å². The normalized spacial score (nSPS) is 20.5. The van der Waals surface area contributed by atoms with Crippen LogP contribution in [-0.4, -0.2) is 40.8 Å². The molecule has 7 heteroatoms. The fraction of sp³-hybridized carbons (Fsp3) is 0.192. The summed E-state index contributed by atoms with van der Waals surface area (Å²) >= 11 is 1.39. The Bertz CT molecular complexity index is 1090. The fourth-order valence-electron chi connectivity index (χ4n) is 3.84. The van der Waals surface area contributed by atoms with E-state index in [2.05, 4.69) is 6.58 Å². The van der Waals surface area contributed by atoms with Crippen molar-refractivity contribution < 1.29 is 23.9 Å². The van der Waals surface area contributed by atoms with Gasteiger partial charge in [0, 0.05) is 12.5 Å². The summed E-state index contributed by atoms with van der Waals surface area (Å²) < 4.78 is 11.2. The van der Waals surface area contributed by atoms with Crippen molar-refractivity contribution in [1.29, 1.82) is 0 Å². The van der Waals surface area contributed by atoms with E-state index in [0.29, 0.717) is 11.1 Å². The van der Waals surface area contributed by atoms with Crippen molar-refractivity contribution in [1.82, 2.24) is 4.90 Å². The minimum absolute atomic E-state index is 0.0968. The van der Waals surface area contributed by atoms with Crippen molar-refractivity contribution in [2.75, 3.05) is 6.61 Å². The average molecular weight is 462 g/mol. The summed E-state index contributed by atoms with van der Waals surface area (Å²) in [7, 11) is 0. The molecule has 0 radical (unpaired) electrons. The predicted octanol–water partition coefficient (Wildman–Crippen LogP) is 4.16. The first-order valence-corrected chi connectivity index (χ1v) is 11.4. The highest BCUT2D eigenvalue weighted by Crippen LogP contribution is 2.44. The average Bonchev–Trinajstić information content (AvgIpc) is 2.84. The third-order valence-electron chi connectivity index (χ3n) is 5.38. The molecule has 2 aromatic carbocycles. The highest BCUT2D eigenvalue weighted by Gasteiger charge is 2.52. The van der Waals surface area contributed by atoms with E-state index >= 15 is 0 Å². The second-order valence-electron chi connectivity index (χ2n) is 7.57. The van der Waals surface area contributed by atoms with E-state index in [-0.39, 0.29) is 17.9 Å². The molecule has 1 amide bonds. The van der Waals surface area contributed by atoms with Crippen LogP contribution in [0.1, 0.15) is 24.2 Å². The van der Waals surface area contributed by atoms with Gasteiger partial charge in [0.05, 0.1) is 5.57 Å². The number of rotatable bonds is 7. The van der Waals surface area contributed by atoms with E-state index in [1.165, 1.54) is 23.6 Å². The first-order valence-electron chi connectivity index (χ1n) is 10.4. The Morgan fingerprint density at radius 1 is 1.09 bits per heavy atom. The summed E-state index contributed by atoms with van der Waals surface area (Å²) in [4.78, 5) is 39.3. The number of carbonyl (C=O) groups is 3. The summed E-state index contributed by atoms with van der Waals surface area (Å²) in [5, 5.41) is 1.46. The summed E-state index contributed by atoms with van der Waals surface area (Å²) in [5.74, 6) is -1.31. The van der Waals surface area contributed by atoms with Gasteiger partial charge < -0.3 is 14.4 Å². The van der Waals surface area contributed by atoms with E-state index in [1.54, 1.807) is 17.6 Å². The Kier molecular flexibility index (Phi) is 6.79. The molecule has 2 aromatic rings. The van der Waals surface area contributed by atoms with Gasteiger partial charge >= 0.3 is 11.9 Å². The number of nitrogens with zero attached hydrogens (tertiary/aromatic N) is 1. The van der Waals surface area contributed by atoms with Crippen molar-refractivity contribution in [3.05, 3.63) is 107 Å². The van der Waals surface area contributed by atoms with E-state index in [4.69, 9.17) is 9.47 Å². The molecule has 1 unspecified atom stereocenters. The lowest BCUT2D eigenvalue weighted by atomic mass is 9.97. The highest BCUT2D eigenvalue weighted by molar-refractivity contribution is 8.03. The van der Waals surface area contributed by atoms with Gasteiger partial charge in [-0.25, -0.2) is 4.79 Å². The van der Waals surface area contributed by atoms with E-state index in [1.807, 2.05) is 60.7 Å². The van der Waals surface area contributed by atoms with Crippen LogP contribution in [0.3, 0.4) is 0 Å². The van der Waals surface area contributed by atoms with Crippen LogP contribution in [0.5, 0.6) is 0 Å².